The molecule has 2 heterocycles. The van der Waals surface area contributed by atoms with Gasteiger partial charge >= 0.3 is 5.97 Å². The van der Waals surface area contributed by atoms with Crippen molar-refractivity contribution in [2.75, 3.05) is 24.6 Å². The first kappa shape index (κ1) is 13.6. The van der Waals surface area contributed by atoms with Gasteiger partial charge in [-0.1, -0.05) is 30.3 Å². The maximum absolute atomic E-state index is 11.3. The van der Waals surface area contributed by atoms with Crippen molar-refractivity contribution in [3.63, 3.8) is 0 Å². The Balaban J connectivity index is 1.85. The Kier molecular flexibility index (Phi) is 3.83. The molecule has 108 valence electrons. The summed E-state index contributed by atoms with van der Waals surface area (Å²) in [5.74, 6) is -0.449. The van der Waals surface area contributed by atoms with E-state index in [4.69, 9.17) is 4.74 Å². The number of ether oxygens (including phenoxy) is 1. The lowest BCUT2D eigenvalue weighted by Gasteiger charge is -2.34. The lowest BCUT2D eigenvalue weighted by molar-refractivity contribution is 0.0393. The minimum Gasteiger partial charge on any atom is -0.478 e. The summed E-state index contributed by atoms with van der Waals surface area (Å²) >= 11 is 0. The van der Waals surface area contributed by atoms with Crippen molar-refractivity contribution in [1.29, 1.82) is 0 Å². The summed E-state index contributed by atoms with van der Waals surface area (Å²) in [6.45, 7) is 1.79. The third-order valence-electron chi connectivity index (χ3n) is 3.55. The van der Waals surface area contributed by atoms with Crippen LogP contribution < -0.4 is 4.90 Å². The Bertz CT molecular complexity index is 630. The fourth-order valence-electron chi connectivity index (χ4n) is 2.53. The van der Waals surface area contributed by atoms with E-state index in [9.17, 15) is 9.90 Å². The van der Waals surface area contributed by atoms with Crippen LogP contribution in [0.3, 0.4) is 0 Å². The zero-order chi connectivity index (χ0) is 14.7. The molecule has 1 saturated heterocycles. The molecule has 1 aromatic carbocycles. The number of carboxylic acid groups (broad SMARTS) is 1. The van der Waals surface area contributed by atoms with Gasteiger partial charge in [0.05, 0.1) is 6.61 Å². The number of anilines is 1. The van der Waals surface area contributed by atoms with Gasteiger partial charge in [0, 0.05) is 19.3 Å². The molecule has 3 rings (SSSR count). The minimum absolute atomic E-state index is 0.0661. The Hall–Kier alpha value is -2.40. The highest BCUT2D eigenvalue weighted by Crippen LogP contribution is 2.26. The summed E-state index contributed by atoms with van der Waals surface area (Å²) in [5, 5.41) is 9.28. The number of carboxylic acids is 1. The van der Waals surface area contributed by atoms with Gasteiger partial charge in [-0.2, -0.15) is 0 Å². The molecule has 0 radical (unpaired) electrons. The quantitative estimate of drug-likeness (QED) is 0.937. The summed E-state index contributed by atoms with van der Waals surface area (Å²) in [7, 11) is 0. The Labute approximate surface area is 122 Å². The number of morpholine rings is 1. The van der Waals surface area contributed by atoms with Crippen molar-refractivity contribution >= 4 is 11.8 Å². The largest absolute Gasteiger partial charge is 0.478 e. The van der Waals surface area contributed by atoms with E-state index in [2.05, 4.69) is 4.98 Å². The predicted octanol–water partition coefficient (Wildman–Crippen LogP) is 2.36. The van der Waals surface area contributed by atoms with E-state index in [1.807, 2.05) is 35.2 Å². The van der Waals surface area contributed by atoms with Gasteiger partial charge in [-0.05, 0) is 17.7 Å². The minimum atomic E-state index is -0.958. The summed E-state index contributed by atoms with van der Waals surface area (Å²) in [4.78, 5) is 17.5. The summed E-state index contributed by atoms with van der Waals surface area (Å²) in [6, 6.07) is 13.2. The molecule has 0 aliphatic carbocycles. The van der Waals surface area contributed by atoms with Crippen LogP contribution in [0, 0.1) is 0 Å². The van der Waals surface area contributed by atoms with E-state index >= 15 is 0 Å². The van der Waals surface area contributed by atoms with Gasteiger partial charge in [-0.25, -0.2) is 9.78 Å². The smallest absolute Gasteiger partial charge is 0.339 e. The molecular formula is C16H16N2O3. The SMILES string of the molecule is O=C(O)c1cccnc1N1CCO[C@H](c2ccccc2)C1. The van der Waals surface area contributed by atoms with Gasteiger partial charge in [-0.15, -0.1) is 0 Å². The fourth-order valence-corrected chi connectivity index (χ4v) is 2.53. The second-order valence-corrected chi connectivity index (χ2v) is 4.90. The Morgan fingerprint density at radius 1 is 1.24 bits per heavy atom. The van der Waals surface area contributed by atoms with Crippen molar-refractivity contribution in [1.82, 2.24) is 4.98 Å². The van der Waals surface area contributed by atoms with Gasteiger partial charge in [-0.3, -0.25) is 0 Å². The standard InChI is InChI=1S/C16H16N2O3/c19-16(20)13-7-4-8-17-15(13)18-9-10-21-14(11-18)12-5-2-1-3-6-12/h1-8,14H,9-11H2,(H,19,20)/t14-/m0/s1. The van der Waals surface area contributed by atoms with Gasteiger partial charge in [0.2, 0.25) is 0 Å². The topological polar surface area (TPSA) is 62.7 Å². The highest BCUT2D eigenvalue weighted by Gasteiger charge is 2.25. The molecule has 2 aromatic rings. The average Bonchev–Trinajstić information content (AvgIpc) is 2.56. The maximum atomic E-state index is 11.3. The first-order valence-corrected chi connectivity index (χ1v) is 6.85. The van der Waals surface area contributed by atoms with Gasteiger partial charge in [0.1, 0.15) is 17.5 Å². The van der Waals surface area contributed by atoms with E-state index in [-0.39, 0.29) is 11.7 Å². The van der Waals surface area contributed by atoms with Crippen LogP contribution in [-0.2, 0) is 4.74 Å². The van der Waals surface area contributed by atoms with Crippen molar-refractivity contribution in [2.45, 2.75) is 6.10 Å². The maximum Gasteiger partial charge on any atom is 0.339 e. The van der Waals surface area contributed by atoms with Crippen LogP contribution >= 0.6 is 0 Å². The van der Waals surface area contributed by atoms with E-state index in [0.717, 1.165) is 5.56 Å². The molecule has 1 N–H and O–H groups in total. The highest BCUT2D eigenvalue weighted by molar-refractivity contribution is 5.93. The Morgan fingerprint density at radius 2 is 2.05 bits per heavy atom. The van der Waals surface area contributed by atoms with Crippen LogP contribution in [0.4, 0.5) is 5.82 Å². The molecular weight excluding hydrogens is 268 g/mol. The van der Waals surface area contributed by atoms with Crippen LogP contribution in [0.5, 0.6) is 0 Å². The molecule has 1 aromatic heterocycles. The van der Waals surface area contributed by atoms with Crippen LogP contribution in [-0.4, -0.2) is 35.8 Å². The highest BCUT2D eigenvalue weighted by atomic mass is 16.5. The number of rotatable bonds is 3. The molecule has 1 aliphatic rings. The molecule has 21 heavy (non-hydrogen) atoms. The molecule has 1 atom stereocenters. The molecule has 5 nitrogen and oxygen atoms in total. The van der Waals surface area contributed by atoms with Crippen LogP contribution in [0.1, 0.15) is 22.0 Å². The van der Waals surface area contributed by atoms with E-state index in [0.29, 0.717) is 25.5 Å². The lowest BCUT2D eigenvalue weighted by atomic mass is 10.1. The molecule has 5 heteroatoms. The van der Waals surface area contributed by atoms with Gasteiger partial charge in [0.15, 0.2) is 0 Å². The number of aromatic carboxylic acids is 1. The van der Waals surface area contributed by atoms with Crippen molar-refractivity contribution in [3.8, 4) is 0 Å². The molecule has 0 bridgehead atoms. The number of pyridine rings is 1. The van der Waals surface area contributed by atoms with Crippen LogP contribution in [0.15, 0.2) is 48.7 Å². The summed E-state index contributed by atoms with van der Waals surface area (Å²) < 4.78 is 5.80. The van der Waals surface area contributed by atoms with Crippen LogP contribution in [0.2, 0.25) is 0 Å². The molecule has 1 aliphatic heterocycles. The molecule has 0 unspecified atom stereocenters. The van der Waals surface area contributed by atoms with E-state index in [1.165, 1.54) is 0 Å². The van der Waals surface area contributed by atoms with Crippen molar-refractivity contribution in [2.24, 2.45) is 0 Å². The second kappa shape index (κ2) is 5.93. The number of hydrogen-bond donors (Lipinski definition) is 1. The number of nitrogens with zero attached hydrogens (tertiary/aromatic N) is 2. The monoisotopic (exact) mass is 284 g/mol. The molecule has 1 fully saturated rings. The van der Waals surface area contributed by atoms with Gasteiger partial charge < -0.3 is 14.7 Å². The average molecular weight is 284 g/mol. The van der Waals surface area contributed by atoms with Crippen molar-refractivity contribution in [3.05, 3.63) is 59.8 Å². The zero-order valence-electron chi connectivity index (χ0n) is 11.5. The predicted molar refractivity (Wildman–Crippen MR) is 78.5 cm³/mol. The second-order valence-electron chi connectivity index (χ2n) is 4.90. The lowest BCUT2D eigenvalue weighted by Crippen LogP contribution is -2.39. The zero-order valence-corrected chi connectivity index (χ0v) is 11.5. The number of aromatic nitrogens is 1. The first-order chi connectivity index (χ1) is 10.3. The number of benzene rings is 1. The molecule has 0 saturated carbocycles. The first-order valence-electron chi connectivity index (χ1n) is 6.85. The normalized spacial score (nSPS) is 18.5. The van der Waals surface area contributed by atoms with Crippen molar-refractivity contribution < 1.29 is 14.6 Å². The third kappa shape index (κ3) is 2.87. The van der Waals surface area contributed by atoms with E-state index in [1.54, 1.807) is 18.3 Å². The van der Waals surface area contributed by atoms with Crippen LogP contribution in [0.25, 0.3) is 0 Å². The van der Waals surface area contributed by atoms with Gasteiger partial charge in [0.25, 0.3) is 0 Å². The number of hydrogen-bond acceptors (Lipinski definition) is 4. The fraction of sp³-hybridized carbons (Fsp3) is 0.250. The summed E-state index contributed by atoms with van der Waals surface area (Å²) in [6.07, 6.45) is 1.55. The Morgan fingerprint density at radius 3 is 2.81 bits per heavy atom. The molecule has 0 amide bonds. The number of carbonyl (C=O) groups is 1. The summed E-state index contributed by atoms with van der Waals surface area (Å²) in [5.41, 5.74) is 1.32. The third-order valence-corrected chi connectivity index (χ3v) is 3.55. The molecule has 0 spiro atoms. The van der Waals surface area contributed by atoms with E-state index < -0.39 is 5.97 Å².